The second kappa shape index (κ2) is 5.81. The van der Waals surface area contributed by atoms with Gasteiger partial charge >= 0.3 is 0 Å². The fraction of sp³-hybridized carbons (Fsp3) is 0.500. The number of aryl methyl sites for hydroxylation is 2. The van der Waals surface area contributed by atoms with E-state index in [0.29, 0.717) is 16.8 Å². The maximum atomic E-state index is 12.7. The van der Waals surface area contributed by atoms with Crippen molar-refractivity contribution < 1.29 is 8.42 Å². The van der Waals surface area contributed by atoms with E-state index >= 15 is 0 Å². The van der Waals surface area contributed by atoms with Crippen LogP contribution in [0.2, 0.25) is 0 Å². The van der Waals surface area contributed by atoms with Crippen molar-refractivity contribution in [3.63, 3.8) is 0 Å². The zero-order valence-corrected chi connectivity index (χ0v) is 13.4. The summed E-state index contributed by atoms with van der Waals surface area (Å²) in [5.74, 6) is 0. The van der Waals surface area contributed by atoms with E-state index in [1.807, 2.05) is 13.0 Å². The van der Waals surface area contributed by atoms with Gasteiger partial charge in [0.05, 0.1) is 17.4 Å². The Balaban J connectivity index is 3.45. The molecule has 0 fully saturated rings. The summed E-state index contributed by atoms with van der Waals surface area (Å²) in [6.07, 6.45) is 0.148. The number of nitriles is 1. The van der Waals surface area contributed by atoms with Gasteiger partial charge in [-0.15, -0.1) is 0 Å². The number of benzene rings is 1. The van der Waals surface area contributed by atoms with Crippen molar-refractivity contribution in [2.24, 2.45) is 0 Å². The topological polar surface area (TPSA) is 87.2 Å². The third-order valence-corrected chi connectivity index (χ3v) is 5.87. The molecular formula is C14H21N3O2S. The van der Waals surface area contributed by atoms with Gasteiger partial charge in [0.15, 0.2) is 0 Å². The van der Waals surface area contributed by atoms with Crippen LogP contribution in [-0.4, -0.2) is 25.8 Å². The third-order valence-electron chi connectivity index (χ3n) is 3.61. The van der Waals surface area contributed by atoms with E-state index in [2.05, 4.69) is 0 Å². The Morgan fingerprint density at radius 3 is 2.40 bits per heavy atom. The molecule has 1 aromatic carbocycles. The zero-order valence-electron chi connectivity index (χ0n) is 12.6. The Bertz CT molecular complexity index is 660. The fourth-order valence-corrected chi connectivity index (χ4v) is 4.02. The highest BCUT2D eigenvalue weighted by Gasteiger charge is 2.29. The van der Waals surface area contributed by atoms with Gasteiger partial charge < -0.3 is 5.73 Å². The molecule has 0 radical (unpaired) electrons. The molecule has 0 saturated heterocycles. The van der Waals surface area contributed by atoms with Crippen LogP contribution in [0.5, 0.6) is 0 Å². The standard InChI is InChI=1S/C14H21N3O2S/c1-9-8-10(2)14(12(4)13(9)16)20(18,19)17(5)11(3)6-7-15/h8,11H,6,16H2,1-5H3. The van der Waals surface area contributed by atoms with Crippen LogP contribution in [0.1, 0.15) is 30.0 Å². The predicted molar refractivity (Wildman–Crippen MR) is 79.7 cm³/mol. The Kier molecular flexibility index (Phi) is 4.79. The average Bonchev–Trinajstić information content (AvgIpc) is 2.35. The summed E-state index contributed by atoms with van der Waals surface area (Å²) >= 11 is 0. The Morgan fingerprint density at radius 2 is 1.90 bits per heavy atom. The van der Waals surface area contributed by atoms with Crippen LogP contribution >= 0.6 is 0 Å². The first kappa shape index (κ1) is 16.5. The summed E-state index contributed by atoms with van der Waals surface area (Å²) < 4.78 is 26.7. The van der Waals surface area contributed by atoms with Gasteiger partial charge in [0, 0.05) is 18.8 Å². The second-order valence-electron chi connectivity index (χ2n) is 5.11. The summed E-state index contributed by atoms with van der Waals surface area (Å²) in [5.41, 5.74) is 8.55. The van der Waals surface area contributed by atoms with Crippen molar-refractivity contribution in [3.05, 3.63) is 22.8 Å². The van der Waals surface area contributed by atoms with Gasteiger partial charge in [-0.05, 0) is 44.4 Å². The van der Waals surface area contributed by atoms with Crippen molar-refractivity contribution in [2.45, 2.75) is 45.1 Å². The molecule has 1 rings (SSSR count). The van der Waals surface area contributed by atoms with Gasteiger partial charge in [-0.3, -0.25) is 0 Å². The van der Waals surface area contributed by atoms with Crippen molar-refractivity contribution in [3.8, 4) is 6.07 Å². The van der Waals surface area contributed by atoms with Crippen molar-refractivity contribution >= 4 is 15.7 Å². The molecule has 6 heteroatoms. The molecule has 0 heterocycles. The summed E-state index contributed by atoms with van der Waals surface area (Å²) in [4.78, 5) is 0.243. The van der Waals surface area contributed by atoms with Gasteiger partial charge in [0.25, 0.3) is 0 Å². The van der Waals surface area contributed by atoms with Crippen LogP contribution in [0, 0.1) is 32.1 Å². The zero-order chi connectivity index (χ0) is 15.7. The number of nitrogens with two attached hydrogens (primary N) is 1. The van der Waals surface area contributed by atoms with Gasteiger partial charge in [-0.25, -0.2) is 8.42 Å². The van der Waals surface area contributed by atoms with Gasteiger partial charge in [-0.2, -0.15) is 9.57 Å². The Morgan fingerprint density at radius 1 is 1.35 bits per heavy atom. The molecule has 0 aliphatic heterocycles. The first-order valence-corrected chi connectivity index (χ1v) is 7.79. The van der Waals surface area contributed by atoms with Gasteiger partial charge in [-0.1, -0.05) is 6.07 Å². The number of anilines is 1. The van der Waals surface area contributed by atoms with Crippen LogP contribution in [0.3, 0.4) is 0 Å². The van der Waals surface area contributed by atoms with Gasteiger partial charge in [0.2, 0.25) is 10.0 Å². The minimum atomic E-state index is -3.66. The number of rotatable bonds is 4. The molecule has 20 heavy (non-hydrogen) atoms. The van der Waals surface area contributed by atoms with E-state index < -0.39 is 10.0 Å². The second-order valence-corrected chi connectivity index (χ2v) is 7.05. The fourth-order valence-electron chi connectivity index (χ4n) is 2.22. The molecule has 2 N–H and O–H groups in total. The van der Waals surface area contributed by atoms with E-state index in [1.54, 1.807) is 26.8 Å². The lowest BCUT2D eigenvalue weighted by Gasteiger charge is -2.25. The van der Waals surface area contributed by atoms with Crippen LogP contribution in [0.25, 0.3) is 0 Å². The highest BCUT2D eigenvalue weighted by Crippen LogP contribution is 2.30. The summed E-state index contributed by atoms with van der Waals surface area (Å²) in [6, 6.07) is 3.38. The average molecular weight is 295 g/mol. The molecule has 0 amide bonds. The number of nitrogens with zero attached hydrogens (tertiary/aromatic N) is 2. The van der Waals surface area contributed by atoms with E-state index in [-0.39, 0.29) is 17.4 Å². The van der Waals surface area contributed by atoms with E-state index in [9.17, 15) is 8.42 Å². The Hall–Kier alpha value is -1.58. The molecule has 0 bridgehead atoms. The van der Waals surface area contributed by atoms with E-state index in [1.165, 1.54) is 11.4 Å². The van der Waals surface area contributed by atoms with Crippen molar-refractivity contribution in [2.75, 3.05) is 12.8 Å². The normalized spacial score (nSPS) is 13.2. The molecule has 0 aliphatic carbocycles. The molecular weight excluding hydrogens is 274 g/mol. The van der Waals surface area contributed by atoms with Crippen LogP contribution in [0.15, 0.2) is 11.0 Å². The first-order chi connectivity index (χ1) is 9.14. The SMILES string of the molecule is Cc1cc(C)c(S(=O)(=O)N(C)C(C)CC#N)c(C)c1N. The smallest absolute Gasteiger partial charge is 0.243 e. The molecule has 0 aromatic heterocycles. The molecule has 0 aliphatic rings. The molecule has 1 atom stereocenters. The van der Waals surface area contributed by atoms with Gasteiger partial charge in [0.1, 0.15) is 0 Å². The third kappa shape index (κ3) is 2.79. The lowest BCUT2D eigenvalue weighted by Crippen LogP contribution is -2.35. The van der Waals surface area contributed by atoms with Crippen molar-refractivity contribution in [1.29, 1.82) is 5.26 Å². The number of hydrogen-bond donors (Lipinski definition) is 1. The quantitative estimate of drug-likeness (QED) is 0.862. The number of hydrogen-bond acceptors (Lipinski definition) is 4. The summed E-state index contributed by atoms with van der Waals surface area (Å²) in [7, 11) is -2.17. The summed E-state index contributed by atoms with van der Waals surface area (Å²) in [6.45, 7) is 7.04. The minimum Gasteiger partial charge on any atom is -0.398 e. The minimum absolute atomic E-state index is 0.148. The van der Waals surface area contributed by atoms with E-state index in [0.717, 1.165) is 5.56 Å². The lowest BCUT2D eigenvalue weighted by atomic mass is 10.1. The summed E-state index contributed by atoms with van der Waals surface area (Å²) in [5, 5.41) is 8.72. The highest BCUT2D eigenvalue weighted by molar-refractivity contribution is 7.89. The molecule has 110 valence electrons. The van der Waals surface area contributed by atoms with Crippen LogP contribution in [-0.2, 0) is 10.0 Å². The highest BCUT2D eigenvalue weighted by atomic mass is 32.2. The monoisotopic (exact) mass is 295 g/mol. The lowest BCUT2D eigenvalue weighted by molar-refractivity contribution is 0.392. The molecule has 1 unspecified atom stereocenters. The number of sulfonamides is 1. The maximum Gasteiger partial charge on any atom is 0.243 e. The first-order valence-electron chi connectivity index (χ1n) is 6.35. The molecule has 5 nitrogen and oxygen atoms in total. The largest absolute Gasteiger partial charge is 0.398 e. The Labute approximate surface area is 121 Å². The maximum absolute atomic E-state index is 12.7. The van der Waals surface area contributed by atoms with E-state index in [4.69, 9.17) is 11.0 Å². The van der Waals surface area contributed by atoms with Crippen LogP contribution < -0.4 is 5.73 Å². The van der Waals surface area contributed by atoms with Crippen LogP contribution in [0.4, 0.5) is 5.69 Å². The van der Waals surface area contributed by atoms with Crippen molar-refractivity contribution in [1.82, 2.24) is 4.31 Å². The predicted octanol–water partition coefficient (Wildman–Crippen LogP) is 2.12. The molecule has 0 saturated carbocycles. The molecule has 0 spiro atoms. The molecule has 1 aromatic rings. The number of nitrogen functional groups attached to an aromatic ring is 1.